The Kier molecular flexibility index (Phi) is 5.88. The van der Waals surface area contributed by atoms with Crippen LogP contribution < -0.4 is 5.32 Å². The molecule has 2 N–H and O–H groups in total. The van der Waals surface area contributed by atoms with Crippen molar-refractivity contribution in [2.45, 2.75) is 26.8 Å². The molecule has 1 rings (SSSR count). The van der Waals surface area contributed by atoms with E-state index in [2.05, 4.69) is 5.32 Å². The van der Waals surface area contributed by atoms with Crippen molar-refractivity contribution in [3.63, 3.8) is 0 Å². The minimum Gasteiger partial charge on any atom is -0.481 e. The quantitative estimate of drug-likeness (QED) is 0.322. The zero-order chi connectivity index (χ0) is 15.3. The van der Waals surface area contributed by atoms with E-state index in [1.54, 1.807) is 13.8 Å². The summed E-state index contributed by atoms with van der Waals surface area (Å²) in [6.07, 6.45) is 0.494. The van der Waals surface area contributed by atoms with Crippen LogP contribution in [-0.4, -0.2) is 22.5 Å². The van der Waals surface area contributed by atoms with Crippen LogP contribution in [-0.2, 0) is 11.3 Å². The molecule has 0 aromatic heterocycles. The maximum atomic E-state index is 10.9. The Labute approximate surface area is 130 Å². The van der Waals surface area contributed by atoms with E-state index in [-0.39, 0.29) is 5.69 Å². The third kappa shape index (κ3) is 5.04. The molecule has 1 aromatic rings. The molecule has 0 heterocycles. The number of nitro groups is 1. The van der Waals surface area contributed by atoms with E-state index in [9.17, 15) is 14.9 Å². The minimum absolute atomic E-state index is 0.0690. The van der Waals surface area contributed by atoms with Crippen LogP contribution in [0.3, 0.4) is 0 Å². The molecule has 0 aliphatic carbocycles. The summed E-state index contributed by atoms with van der Waals surface area (Å²) < 4.78 is 0.805. The van der Waals surface area contributed by atoms with Crippen molar-refractivity contribution in [1.29, 1.82) is 0 Å². The van der Waals surface area contributed by atoms with Crippen molar-refractivity contribution in [1.82, 2.24) is 5.32 Å². The lowest BCUT2D eigenvalue weighted by Gasteiger charge is -2.18. The number of benzene rings is 1. The monoisotopic (exact) mass is 392 g/mol. The molecule has 1 aromatic carbocycles. The number of carbonyl (C=O) groups is 1. The maximum Gasteiger partial charge on any atom is 0.309 e. The summed E-state index contributed by atoms with van der Waals surface area (Å²) in [6.45, 7) is 4.37. The zero-order valence-electron chi connectivity index (χ0n) is 11.4. The summed E-state index contributed by atoms with van der Waals surface area (Å²) in [6, 6.07) is 4.90. The average molecular weight is 392 g/mol. The number of hydrogen-bond acceptors (Lipinski definition) is 4. The highest BCUT2D eigenvalue weighted by molar-refractivity contribution is 14.1. The number of nitrogens with one attached hydrogen (secondary N) is 1. The van der Waals surface area contributed by atoms with Crippen LogP contribution in [0.5, 0.6) is 0 Å². The lowest BCUT2D eigenvalue weighted by atomic mass is 9.90. The van der Waals surface area contributed by atoms with Gasteiger partial charge in [0.2, 0.25) is 0 Å². The van der Waals surface area contributed by atoms with E-state index in [1.165, 1.54) is 12.1 Å². The number of carboxylic acid groups (broad SMARTS) is 1. The molecular formula is C13H17IN2O4. The standard InChI is InChI=1S/C13H17IN2O4/c1-13(2,12(17)18)3-4-15-8-9-5-10(14)7-11(6-9)16(19)20/h5-7,15H,3-4,8H2,1-2H3,(H,17,18). The summed E-state index contributed by atoms with van der Waals surface area (Å²) in [5.74, 6) is -0.829. The predicted octanol–water partition coefficient (Wildman–Crippen LogP) is 2.79. The van der Waals surface area contributed by atoms with Crippen LogP contribution >= 0.6 is 22.6 Å². The lowest BCUT2D eigenvalue weighted by molar-refractivity contribution is -0.385. The molecule has 0 fully saturated rings. The van der Waals surface area contributed by atoms with Crippen molar-refractivity contribution in [3.05, 3.63) is 37.4 Å². The predicted molar refractivity (Wildman–Crippen MR) is 83.6 cm³/mol. The molecule has 0 radical (unpaired) electrons. The Morgan fingerprint density at radius 2 is 2.10 bits per heavy atom. The molecule has 0 spiro atoms. The van der Waals surface area contributed by atoms with E-state index < -0.39 is 16.3 Å². The van der Waals surface area contributed by atoms with Crippen LogP contribution in [0.2, 0.25) is 0 Å². The zero-order valence-corrected chi connectivity index (χ0v) is 13.5. The molecule has 0 bridgehead atoms. The number of carboxylic acids is 1. The summed E-state index contributed by atoms with van der Waals surface area (Å²) in [5, 5.41) is 22.9. The number of hydrogen-bond donors (Lipinski definition) is 2. The van der Waals surface area contributed by atoms with Gasteiger partial charge in [0, 0.05) is 22.2 Å². The highest BCUT2D eigenvalue weighted by Gasteiger charge is 2.26. The number of nitrogens with zero attached hydrogens (tertiary/aromatic N) is 1. The first-order chi connectivity index (χ1) is 9.22. The maximum absolute atomic E-state index is 10.9. The Morgan fingerprint density at radius 1 is 1.45 bits per heavy atom. The SMILES string of the molecule is CC(C)(CCNCc1cc(I)cc([N+](=O)[O-])c1)C(=O)O. The highest BCUT2D eigenvalue weighted by Crippen LogP contribution is 2.20. The van der Waals surface area contributed by atoms with Gasteiger partial charge >= 0.3 is 5.97 Å². The van der Waals surface area contributed by atoms with Crippen molar-refractivity contribution in [2.24, 2.45) is 5.41 Å². The second-order valence-electron chi connectivity index (χ2n) is 5.19. The fourth-order valence-corrected chi connectivity index (χ4v) is 2.30. The second-order valence-corrected chi connectivity index (χ2v) is 6.44. The van der Waals surface area contributed by atoms with Crippen molar-refractivity contribution < 1.29 is 14.8 Å². The first kappa shape index (κ1) is 16.8. The largest absolute Gasteiger partial charge is 0.481 e. The summed E-state index contributed by atoms with van der Waals surface area (Å²) in [4.78, 5) is 21.3. The third-order valence-electron chi connectivity index (χ3n) is 2.99. The van der Waals surface area contributed by atoms with Gasteiger partial charge in [-0.1, -0.05) is 0 Å². The van der Waals surface area contributed by atoms with Gasteiger partial charge in [0.1, 0.15) is 0 Å². The number of nitro benzene ring substituents is 1. The highest BCUT2D eigenvalue weighted by atomic mass is 127. The van der Waals surface area contributed by atoms with Gasteiger partial charge < -0.3 is 10.4 Å². The van der Waals surface area contributed by atoms with Crippen LogP contribution in [0.25, 0.3) is 0 Å². The van der Waals surface area contributed by atoms with Crippen molar-refractivity contribution in [3.8, 4) is 0 Å². The summed E-state index contributed by atoms with van der Waals surface area (Å²) >= 11 is 2.04. The molecule has 110 valence electrons. The first-order valence-electron chi connectivity index (χ1n) is 6.10. The van der Waals surface area contributed by atoms with Crippen LogP contribution in [0.15, 0.2) is 18.2 Å². The number of non-ortho nitro benzene ring substituents is 1. The van der Waals surface area contributed by atoms with Gasteiger partial charge in [0.25, 0.3) is 5.69 Å². The van der Waals surface area contributed by atoms with Crippen molar-refractivity contribution >= 4 is 34.2 Å². The summed E-state index contributed by atoms with van der Waals surface area (Å²) in [5.41, 5.74) is 0.112. The summed E-state index contributed by atoms with van der Waals surface area (Å²) in [7, 11) is 0. The fraction of sp³-hybridized carbons (Fsp3) is 0.462. The van der Waals surface area contributed by atoms with E-state index in [0.29, 0.717) is 19.5 Å². The molecule has 6 nitrogen and oxygen atoms in total. The van der Waals surface area contributed by atoms with Gasteiger partial charge in [-0.25, -0.2) is 0 Å². The molecule has 0 atom stereocenters. The first-order valence-corrected chi connectivity index (χ1v) is 7.18. The smallest absolute Gasteiger partial charge is 0.309 e. The van der Waals surface area contributed by atoms with Gasteiger partial charge in [-0.2, -0.15) is 0 Å². The van der Waals surface area contributed by atoms with Crippen LogP contribution in [0, 0.1) is 19.1 Å². The molecule has 20 heavy (non-hydrogen) atoms. The number of rotatable bonds is 7. The van der Waals surface area contributed by atoms with E-state index >= 15 is 0 Å². The van der Waals surface area contributed by atoms with Crippen LogP contribution in [0.4, 0.5) is 5.69 Å². The van der Waals surface area contributed by atoms with E-state index in [0.717, 1.165) is 9.13 Å². The molecule has 0 saturated heterocycles. The topological polar surface area (TPSA) is 92.5 Å². The van der Waals surface area contributed by atoms with Gasteiger partial charge in [-0.15, -0.1) is 0 Å². The fourth-order valence-electron chi connectivity index (χ4n) is 1.58. The Morgan fingerprint density at radius 3 is 2.65 bits per heavy atom. The van der Waals surface area contributed by atoms with Gasteiger partial charge in [-0.05, 0) is 61.0 Å². The molecular weight excluding hydrogens is 375 g/mol. The second kappa shape index (κ2) is 6.98. The minimum atomic E-state index is -0.829. The van der Waals surface area contributed by atoms with Gasteiger partial charge in [0.05, 0.1) is 10.3 Å². The van der Waals surface area contributed by atoms with E-state index in [4.69, 9.17) is 5.11 Å². The molecule has 0 saturated carbocycles. The molecule has 7 heteroatoms. The molecule has 0 aliphatic rings. The Hall–Kier alpha value is -1.22. The third-order valence-corrected chi connectivity index (χ3v) is 3.61. The Bertz CT molecular complexity index is 517. The number of halogens is 1. The molecule has 0 amide bonds. The Balaban J connectivity index is 2.55. The van der Waals surface area contributed by atoms with Gasteiger partial charge in [0.15, 0.2) is 0 Å². The van der Waals surface area contributed by atoms with Crippen LogP contribution in [0.1, 0.15) is 25.8 Å². The average Bonchev–Trinajstić information content (AvgIpc) is 2.33. The number of aliphatic carboxylic acids is 1. The molecule has 0 aliphatic heterocycles. The van der Waals surface area contributed by atoms with Gasteiger partial charge in [-0.3, -0.25) is 14.9 Å². The van der Waals surface area contributed by atoms with Crippen molar-refractivity contribution in [2.75, 3.05) is 6.54 Å². The molecule has 0 unspecified atom stereocenters. The lowest BCUT2D eigenvalue weighted by Crippen LogP contribution is -2.28. The van der Waals surface area contributed by atoms with E-state index in [1.807, 2.05) is 28.7 Å². The normalized spacial score (nSPS) is 11.3.